The van der Waals surface area contributed by atoms with Crippen molar-refractivity contribution in [3.05, 3.63) is 94.0 Å². The number of anilines is 1. The molecule has 0 saturated heterocycles. The molecular weight excluding hydrogens is 561 g/mol. The van der Waals surface area contributed by atoms with Crippen LogP contribution in [0.2, 0.25) is 10.0 Å². The Hall–Kier alpha value is -3.27. The Morgan fingerprint density at radius 1 is 0.949 bits per heavy atom. The van der Waals surface area contributed by atoms with E-state index in [9.17, 15) is 18.0 Å². The van der Waals surface area contributed by atoms with Crippen LogP contribution in [0.5, 0.6) is 5.75 Å². The quantitative estimate of drug-likeness (QED) is 0.333. The highest BCUT2D eigenvalue weighted by atomic mass is 35.5. The Morgan fingerprint density at radius 3 is 2.18 bits per heavy atom. The number of carbonyl (C=O) groups excluding carboxylic acids is 2. The van der Waals surface area contributed by atoms with Gasteiger partial charge >= 0.3 is 0 Å². The standard InChI is InChI=1S/C28H31Cl2N3O5S/c1-4-31-28(35)26(17-20-8-6-5-7-9-20)32(18-21-10-15-24(29)25(30)16-21)27(34)19-33(39(3,36)37)22-11-13-23(38-2)14-12-22/h5-16,26H,4,17-19H2,1-3H3,(H,31,35)/t26-/m1/s1. The zero-order valence-corrected chi connectivity index (χ0v) is 24.3. The third-order valence-corrected chi connectivity index (χ3v) is 7.88. The Morgan fingerprint density at radius 2 is 1.62 bits per heavy atom. The molecule has 0 bridgehead atoms. The van der Waals surface area contributed by atoms with Crippen molar-refractivity contribution in [2.45, 2.75) is 25.9 Å². The highest BCUT2D eigenvalue weighted by Gasteiger charge is 2.33. The van der Waals surface area contributed by atoms with Crippen LogP contribution in [0.1, 0.15) is 18.1 Å². The van der Waals surface area contributed by atoms with Gasteiger partial charge in [0.1, 0.15) is 18.3 Å². The average Bonchev–Trinajstić information content (AvgIpc) is 2.91. The molecule has 0 unspecified atom stereocenters. The number of nitrogens with zero attached hydrogens (tertiary/aromatic N) is 2. The lowest BCUT2D eigenvalue weighted by atomic mass is 10.0. The lowest BCUT2D eigenvalue weighted by molar-refractivity contribution is -0.140. The van der Waals surface area contributed by atoms with Crippen molar-refractivity contribution < 1.29 is 22.7 Å². The molecule has 0 aliphatic rings. The normalized spacial score (nSPS) is 11.9. The summed E-state index contributed by atoms with van der Waals surface area (Å²) in [6, 6.07) is 19.7. The van der Waals surface area contributed by atoms with Gasteiger partial charge in [0.05, 0.1) is 29.1 Å². The van der Waals surface area contributed by atoms with Crippen LogP contribution in [-0.4, -0.2) is 57.6 Å². The van der Waals surface area contributed by atoms with E-state index >= 15 is 0 Å². The predicted octanol–water partition coefficient (Wildman–Crippen LogP) is 4.54. The Labute approximate surface area is 239 Å². The summed E-state index contributed by atoms with van der Waals surface area (Å²) in [5.41, 5.74) is 1.77. The number of halogens is 2. The molecule has 0 aliphatic heterocycles. The Kier molecular flexibility index (Phi) is 10.6. The molecule has 3 aromatic rings. The van der Waals surface area contributed by atoms with Crippen LogP contribution in [0, 0.1) is 0 Å². The molecular formula is C28H31Cl2N3O5S. The van der Waals surface area contributed by atoms with E-state index in [1.807, 2.05) is 30.3 Å². The van der Waals surface area contributed by atoms with Crippen LogP contribution < -0.4 is 14.4 Å². The summed E-state index contributed by atoms with van der Waals surface area (Å²) < 4.78 is 31.8. The summed E-state index contributed by atoms with van der Waals surface area (Å²) in [7, 11) is -2.36. The summed E-state index contributed by atoms with van der Waals surface area (Å²) in [6.45, 7) is 1.64. The molecule has 0 aliphatic carbocycles. The number of carbonyl (C=O) groups is 2. The smallest absolute Gasteiger partial charge is 0.244 e. The third-order valence-electron chi connectivity index (χ3n) is 6.00. The molecule has 0 spiro atoms. The van der Waals surface area contributed by atoms with Crippen molar-refractivity contribution >= 4 is 50.7 Å². The molecule has 3 rings (SSSR count). The molecule has 1 N–H and O–H groups in total. The van der Waals surface area contributed by atoms with Crippen molar-refractivity contribution in [2.75, 3.05) is 30.8 Å². The molecule has 0 fully saturated rings. The second kappa shape index (κ2) is 13.7. The predicted molar refractivity (Wildman–Crippen MR) is 155 cm³/mol. The van der Waals surface area contributed by atoms with Crippen molar-refractivity contribution in [3.8, 4) is 5.75 Å². The number of benzene rings is 3. The molecule has 0 heterocycles. The lowest BCUT2D eigenvalue weighted by Crippen LogP contribution is -2.53. The fourth-order valence-corrected chi connectivity index (χ4v) is 5.21. The van der Waals surface area contributed by atoms with Crippen molar-refractivity contribution in [1.82, 2.24) is 10.2 Å². The van der Waals surface area contributed by atoms with Crippen LogP contribution in [0.3, 0.4) is 0 Å². The number of hydrogen-bond donors (Lipinski definition) is 1. The van der Waals surface area contributed by atoms with Gasteiger partial charge < -0.3 is 15.0 Å². The van der Waals surface area contributed by atoms with Gasteiger partial charge in [0, 0.05) is 19.5 Å². The van der Waals surface area contributed by atoms with Crippen LogP contribution in [0.4, 0.5) is 5.69 Å². The van der Waals surface area contributed by atoms with E-state index in [-0.39, 0.29) is 18.9 Å². The lowest BCUT2D eigenvalue weighted by Gasteiger charge is -2.33. The van der Waals surface area contributed by atoms with Gasteiger partial charge in [0.15, 0.2) is 0 Å². The first-order valence-corrected chi connectivity index (χ1v) is 14.8. The number of likely N-dealkylation sites (N-methyl/N-ethyl adjacent to an activating group) is 1. The molecule has 1 atom stereocenters. The molecule has 0 radical (unpaired) electrons. The fraction of sp³-hybridized carbons (Fsp3) is 0.286. The molecule has 2 amide bonds. The number of rotatable bonds is 12. The molecule has 0 saturated carbocycles. The summed E-state index contributed by atoms with van der Waals surface area (Å²) in [5.74, 6) is -0.376. The minimum atomic E-state index is -3.86. The first-order chi connectivity index (χ1) is 18.5. The van der Waals surface area contributed by atoms with E-state index in [0.717, 1.165) is 16.1 Å². The zero-order chi connectivity index (χ0) is 28.6. The summed E-state index contributed by atoms with van der Waals surface area (Å²) in [4.78, 5) is 28.7. The van der Waals surface area contributed by atoms with Crippen LogP contribution in [0.15, 0.2) is 72.8 Å². The van der Waals surface area contributed by atoms with Crippen LogP contribution in [0.25, 0.3) is 0 Å². The van der Waals surface area contributed by atoms with Gasteiger partial charge in [-0.2, -0.15) is 0 Å². The van der Waals surface area contributed by atoms with E-state index in [1.165, 1.54) is 12.0 Å². The highest BCUT2D eigenvalue weighted by Crippen LogP contribution is 2.26. The van der Waals surface area contributed by atoms with Gasteiger partial charge in [-0.05, 0) is 54.4 Å². The molecule has 0 aromatic heterocycles. The summed E-state index contributed by atoms with van der Waals surface area (Å²) in [5, 5.41) is 3.46. The van der Waals surface area contributed by atoms with E-state index in [4.69, 9.17) is 27.9 Å². The molecule has 11 heteroatoms. The van der Waals surface area contributed by atoms with E-state index in [0.29, 0.717) is 33.6 Å². The minimum Gasteiger partial charge on any atom is -0.497 e. The summed E-state index contributed by atoms with van der Waals surface area (Å²) >= 11 is 12.3. The van der Waals surface area contributed by atoms with Gasteiger partial charge in [-0.25, -0.2) is 8.42 Å². The first-order valence-electron chi connectivity index (χ1n) is 12.2. The molecule has 3 aromatic carbocycles. The largest absolute Gasteiger partial charge is 0.497 e. The van der Waals surface area contributed by atoms with E-state index in [2.05, 4.69) is 5.32 Å². The minimum absolute atomic E-state index is 0.00453. The number of amides is 2. The maximum absolute atomic E-state index is 13.9. The topological polar surface area (TPSA) is 96.0 Å². The van der Waals surface area contributed by atoms with Crippen LogP contribution in [-0.2, 0) is 32.6 Å². The number of methoxy groups -OCH3 is 1. The van der Waals surface area contributed by atoms with Gasteiger partial charge in [0.2, 0.25) is 21.8 Å². The molecule has 39 heavy (non-hydrogen) atoms. The average molecular weight is 593 g/mol. The second-order valence-electron chi connectivity index (χ2n) is 8.84. The van der Waals surface area contributed by atoms with Gasteiger partial charge in [-0.3, -0.25) is 13.9 Å². The van der Waals surface area contributed by atoms with Gasteiger partial charge in [-0.15, -0.1) is 0 Å². The van der Waals surface area contributed by atoms with E-state index < -0.39 is 28.5 Å². The SMILES string of the molecule is CCNC(=O)[C@@H](Cc1ccccc1)N(Cc1ccc(Cl)c(Cl)c1)C(=O)CN(c1ccc(OC)cc1)S(C)(=O)=O. The van der Waals surface area contributed by atoms with Crippen molar-refractivity contribution in [3.63, 3.8) is 0 Å². The van der Waals surface area contributed by atoms with E-state index in [1.54, 1.807) is 49.4 Å². The van der Waals surface area contributed by atoms with Crippen molar-refractivity contribution in [2.24, 2.45) is 0 Å². The Bertz CT molecular complexity index is 1390. The zero-order valence-electron chi connectivity index (χ0n) is 21.9. The Balaban J connectivity index is 2.04. The first kappa shape index (κ1) is 30.3. The molecule has 208 valence electrons. The van der Waals surface area contributed by atoms with Gasteiger partial charge in [-0.1, -0.05) is 59.6 Å². The third kappa shape index (κ3) is 8.36. The van der Waals surface area contributed by atoms with Crippen molar-refractivity contribution in [1.29, 1.82) is 0 Å². The molecule has 8 nitrogen and oxygen atoms in total. The van der Waals surface area contributed by atoms with Gasteiger partial charge in [0.25, 0.3) is 0 Å². The highest BCUT2D eigenvalue weighted by molar-refractivity contribution is 7.92. The second-order valence-corrected chi connectivity index (χ2v) is 11.6. The van der Waals surface area contributed by atoms with Crippen LogP contribution >= 0.6 is 23.2 Å². The number of hydrogen-bond acceptors (Lipinski definition) is 5. The number of nitrogens with one attached hydrogen (secondary N) is 1. The maximum atomic E-state index is 13.9. The number of ether oxygens (including phenoxy) is 1. The monoisotopic (exact) mass is 591 g/mol. The maximum Gasteiger partial charge on any atom is 0.244 e. The number of sulfonamides is 1. The fourth-order valence-electron chi connectivity index (χ4n) is 4.04. The summed E-state index contributed by atoms with van der Waals surface area (Å²) in [6.07, 6.45) is 1.25.